The van der Waals surface area contributed by atoms with E-state index < -0.39 is 21.7 Å². The topological polar surface area (TPSA) is 145 Å². The second kappa shape index (κ2) is 14.6. The third-order valence-corrected chi connectivity index (χ3v) is 3.51. The smallest absolute Gasteiger partial charge is 0.396 e. The standard InChI is InChI=1S/C6H14O3.C6H12O2.CHF3O3S/c7-4-2-1-3-6(9)5-8;7-5-6-3-1-2-4-8-6;2-1(3,4)8(5,6)7/h6-9H,1-5H2;6-7H,1-5H2;(H,5,6,7). The molecule has 154 valence electrons. The van der Waals surface area contributed by atoms with Gasteiger partial charge < -0.3 is 25.2 Å². The first-order chi connectivity index (χ1) is 11.5. The number of aliphatic hydroxyl groups is 4. The van der Waals surface area contributed by atoms with Crippen molar-refractivity contribution in [3.05, 3.63) is 0 Å². The van der Waals surface area contributed by atoms with Crippen molar-refractivity contribution in [1.82, 2.24) is 0 Å². The summed E-state index contributed by atoms with van der Waals surface area (Å²) >= 11 is 0. The second-order valence-corrected chi connectivity index (χ2v) is 6.56. The Kier molecular flexibility index (Phi) is 15.7. The van der Waals surface area contributed by atoms with E-state index in [1.165, 1.54) is 6.42 Å². The fourth-order valence-electron chi connectivity index (χ4n) is 1.53. The molecule has 8 nitrogen and oxygen atoms in total. The first-order valence-electron chi connectivity index (χ1n) is 7.65. The van der Waals surface area contributed by atoms with Crippen molar-refractivity contribution in [1.29, 1.82) is 0 Å². The normalized spacial score (nSPS) is 19.1. The Balaban J connectivity index is 0. The number of unbranched alkanes of at least 4 members (excludes halogenated alkanes) is 1. The maximum atomic E-state index is 10.7. The van der Waals surface area contributed by atoms with E-state index in [1.54, 1.807) is 0 Å². The van der Waals surface area contributed by atoms with Crippen molar-refractivity contribution in [3.63, 3.8) is 0 Å². The molecule has 2 atom stereocenters. The molecule has 5 N–H and O–H groups in total. The summed E-state index contributed by atoms with van der Waals surface area (Å²) < 4.78 is 62.7. The molecule has 1 heterocycles. The molecule has 0 amide bonds. The van der Waals surface area contributed by atoms with Crippen LogP contribution < -0.4 is 0 Å². The van der Waals surface area contributed by atoms with E-state index in [1.807, 2.05) is 0 Å². The largest absolute Gasteiger partial charge is 0.522 e. The molecule has 0 saturated carbocycles. The zero-order valence-corrected chi connectivity index (χ0v) is 14.5. The lowest BCUT2D eigenvalue weighted by Gasteiger charge is -2.19. The average molecular weight is 400 g/mol. The minimum Gasteiger partial charge on any atom is -0.396 e. The predicted molar refractivity (Wildman–Crippen MR) is 82.3 cm³/mol. The van der Waals surface area contributed by atoms with Gasteiger partial charge in [-0.15, -0.1) is 0 Å². The lowest BCUT2D eigenvalue weighted by Crippen LogP contribution is -2.22. The molecule has 1 rings (SSSR count). The van der Waals surface area contributed by atoms with Crippen LogP contribution in [0.2, 0.25) is 0 Å². The molecule has 1 aliphatic rings. The summed E-state index contributed by atoms with van der Waals surface area (Å²) in [5.41, 5.74) is -5.53. The molecule has 0 aliphatic carbocycles. The van der Waals surface area contributed by atoms with Crippen LogP contribution in [-0.2, 0) is 14.9 Å². The molecule has 0 bridgehead atoms. The van der Waals surface area contributed by atoms with E-state index in [9.17, 15) is 13.2 Å². The zero-order chi connectivity index (χ0) is 19.9. The van der Waals surface area contributed by atoms with Crippen molar-refractivity contribution < 1.29 is 51.3 Å². The molecule has 0 radical (unpaired) electrons. The summed E-state index contributed by atoms with van der Waals surface area (Å²) in [4.78, 5) is 0. The van der Waals surface area contributed by atoms with Crippen LogP contribution in [-0.4, -0.2) is 77.5 Å². The van der Waals surface area contributed by atoms with Crippen LogP contribution in [0.4, 0.5) is 13.2 Å². The fourth-order valence-corrected chi connectivity index (χ4v) is 1.53. The van der Waals surface area contributed by atoms with Gasteiger partial charge in [-0.05, 0) is 38.5 Å². The Morgan fingerprint density at radius 3 is 1.96 bits per heavy atom. The van der Waals surface area contributed by atoms with Crippen LogP contribution in [0.5, 0.6) is 0 Å². The maximum Gasteiger partial charge on any atom is 0.522 e. The molecule has 0 aromatic rings. The summed E-state index contributed by atoms with van der Waals surface area (Å²) in [6.45, 7) is 1.02. The minimum atomic E-state index is -5.84. The Morgan fingerprint density at radius 1 is 1.12 bits per heavy atom. The number of hydrogen-bond acceptors (Lipinski definition) is 7. The van der Waals surface area contributed by atoms with Gasteiger partial charge in [0.05, 0.1) is 25.4 Å². The van der Waals surface area contributed by atoms with Crippen molar-refractivity contribution in [2.24, 2.45) is 0 Å². The monoisotopic (exact) mass is 400 g/mol. The Morgan fingerprint density at radius 2 is 1.68 bits per heavy atom. The van der Waals surface area contributed by atoms with Crippen LogP contribution in [0.25, 0.3) is 0 Å². The van der Waals surface area contributed by atoms with Crippen molar-refractivity contribution >= 4 is 10.1 Å². The number of rotatable bonds is 6. The van der Waals surface area contributed by atoms with E-state index in [-0.39, 0.29) is 25.9 Å². The van der Waals surface area contributed by atoms with Crippen LogP contribution in [0, 0.1) is 0 Å². The van der Waals surface area contributed by atoms with E-state index in [0.29, 0.717) is 12.8 Å². The van der Waals surface area contributed by atoms with Crippen LogP contribution in [0.15, 0.2) is 0 Å². The highest BCUT2D eigenvalue weighted by Gasteiger charge is 2.44. The molecule has 0 aromatic carbocycles. The molecule has 0 spiro atoms. The highest BCUT2D eigenvalue weighted by atomic mass is 32.2. The SMILES string of the molecule is O=S(=O)(O)C(F)(F)F.OCC1CCCCO1.OCCCCC(O)CO. The van der Waals surface area contributed by atoms with Crippen molar-refractivity contribution in [3.8, 4) is 0 Å². The molecule has 12 heteroatoms. The third-order valence-electron chi connectivity index (χ3n) is 2.93. The Bertz CT molecular complexity index is 397. The van der Waals surface area contributed by atoms with Crippen molar-refractivity contribution in [2.75, 3.05) is 26.4 Å². The van der Waals surface area contributed by atoms with Crippen molar-refractivity contribution in [2.45, 2.75) is 56.2 Å². The summed E-state index contributed by atoms with van der Waals surface area (Å²) in [7, 11) is -5.84. The number of aliphatic hydroxyl groups excluding tert-OH is 4. The van der Waals surface area contributed by atoms with Crippen LogP contribution in [0.1, 0.15) is 38.5 Å². The highest BCUT2D eigenvalue weighted by molar-refractivity contribution is 7.86. The zero-order valence-electron chi connectivity index (χ0n) is 13.7. The molecule has 0 aromatic heterocycles. The van der Waals surface area contributed by atoms with Gasteiger partial charge in [0.1, 0.15) is 0 Å². The fraction of sp³-hybridized carbons (Fsp3) is 1.00. The summed E-state index contributed by atoms with van der Waals surface area (Å²) in [6, 6.07) is 0. The van der Waals surface area contributed by atoms with Gasteiger partial charge in [0.25, 0.3) is 0 Å². The van der Waals surface area contributed by atoms with E-state index in [2.05, 4.69) is 0 Å². The van der Waals surface area contributed by atoms with Gasteiger partial charge in [-0.1, -0.05) is 0 Å². The van der Waals surface area contributed by atoms with Gasteiger partial charge >= 0.3 is 15.6 Å². The number of alkyl halides is 3. The molecule has 1 fully saturated rings. The Hall–Kier alpha value is -0.500. The predicted octanol–water partition coefficient (Wildman–Crippen LogP) is 0.444. The number of halogens is 3. The lowest BCUT2D eigenvalue weighted by atomic mass is 10.1. The third kappa shape index (κ3) is 16.7. The lowest BCUT2D eigenvalue weighted by molar-refractivity contribution is -0.0510. The summed E-state index contributed by atoms with van der Waals surface area (Å²) in [6.07, 6.45) is 5.02. The van der Waals surface area contributed by atoms with E-state index >= 15 is 0 Å². The highest BCUT2D eigenvalue weighted by Crippen LogP contribution is 2.20. The van der Waals surface area contributed by atoms with Gasteiger partial charge in [-0.3, -0.25) is 4.55 Å². The molecule has 1 aliphatic heterocycles. The number of hydrogen-bond donors (Lipinski definition) is 5. The average Bonchev–Trinajstić information content (AvgIpc) is 2.55. The first-order valence-corrected chi connectivity index (χ1v) is 9.09. The van der Waals surface area contributed by atoms with Crippen LogP contribution >= 0.6 is 0 Å². The van der Waals surface area contributed by atoms with Gasteiger partial charge in [0.15, 0.2) is 0 Å². The summed E-state index contributed by atoms with van der Waals surface area (Å²) in [5, 5.41) is 33.9. The maximum absolute atomic E-state index is 10.7. The van der Waals surface area contributed by atoms with Crippen LogP contribution in [0.3, 0.4) is 0 Å². The first kappa shape index (κ1) is 26.7. The molecule has 1 saturated heterocycles. The van der Waals surface area contributed by atoms with E-state index in [4.69, 9.17) is 38.1 Å². The Labute approximate surface area is 145 Å². The quantitative estimate of drug-likeness (QED) is 0.245. The minimum absolute atomic E-state index is 0.142. The van der Waals surface area contributed by atoms with E-state index in [0.717, 1.165) is 25.9 Å². The van der Waals surface area contributed by atoms with Gasteiger partial charge in [0.2, 0.25) is 0 Å². The molecule has 25 heavy (non-hydrogen) atoms. The second-order valence-electron chi connectivity index (χ2n) is 5.15. The molecular formula is C13H27F3O8S. The molecule has 2 unspecified atom stereocenters. The van der Waals surface area contributed by atoms with Gasteiger partial charge in [-0.2, -0.15) is 21.6 Å². The van der Waals surface area contributed by atoms with Gasteiger partial charge in [-0.25, -0.2) is 0 Å². The molecular weight excluding hydrogens is 373 g/mol. The number of ether oxygens (including phenoxy) is 1. The summed E-state index contributed by atoms with van der Waals surface area (Å²) in [5.74, 6) is 0. The van der Waals surface area contributed by atoms with Gasteiger partial charge in [0, 0.05) is 13.2 Å².